The van der Waals surface area contributed by atoms with Crippen LogP contribution in [0.25, 0.3) is 0 Å². The van der Waals surface area contributed by atoms with Gasteiger partial charge in [0.25, 0.3) is 0 Å². The normalized spacial score (nSPS) is 20.4. The first-order chi connectivity index (χ1) is 11.6. The van der Waals surface area contributed by atoms with E-state index in [1.54, 1.807) is 6.33 Å². The zero-order valence-corrected chi connectivity index (χ0v) is 14.2. The first-order valence-electron chi connectivity index (χ1n) is 8.65. The Hall–Kier alpha value is -2.09. The number of carbonyl (C=O) groups is 1. The molecule has 0 unspecified atom stereocenters. The van der Waals surface area contributed by atoms with E-state index in [4.69, 9.17) is 10.8 Å². The Balaban J connectivity index is 1.71. The van der Waals surface area contributed by atoms with Crippen LogP contribution in [0.15, 0.2) is 6.33 Å². The zero-order valence-electron chi connectivity index (χ0n) is 14.2. The van der Waals surface area contributed by atoms with E-state index < -0.39 is 5.97 Å². The fourth-order valence-corrected chi connectivity index (χ4v) is 3.50. The third kappa shape index (κ3) is 3.38. The highest BCUT2D eigenvalue weighted by Crippen LogP contribution is 2.32. The van der Waals surface area contributed by atoms with Gasteiger partial charge in [-0.2, -0.15) is 0 Å². The Morgan fingerprint density at radius 1 is 1.12 bits per heavy atom. The van der Waals surface area contributed by atoms with Crippen molar-refractivity contribution in [2.75, 3.05) is 61.3 Å². The van der Waals surface area contributed by atoms with Crippen LogP contribution in [0.2, 0.25) is 0 Å². The van der Waals surface area contributed by atoms with Gasteiger partial charge in [-0.05, 0) is 19.4 Å². The number of rotatable bonds is 4. The molecule has 2 aliphatic heterocycles. The van der Waals surface area contributed by atoms with Crippen LogP contribution in [0.1, 0.15) is 19.8 Å². The van der Waals surface area contributed by atoms with Crippen molar-refractivity contribution in [1.82, 2.24) is 14.9 Å². The highest BCUT2D eigenvalue weighted by molar-refractivity contribution is 5.76. The number of carboxylic acids is 1. The van der Waals surface area contributed by atoms with E-state index in [2.05, 4.69) is 31.6 Å². The second-order valence-corrected chi connectivity index (χ2v) is 6.46. The SMILES string of the molecule is CCN1CCN(c2ncnc(N3CCC(C(=O)O)CC3)c2N)CC1. The van der Waals surface area contributed by atoms with Crippen LogP contribution in [0.5, 0.6) is 0 Å². The minimum atomic E-state index is -0.709. The summed E-state index contributed by atoms with van der Waals surface area (Å²) in [5.41, 5.74) is 6.98. The Labute approximate surface area is 142 Å². The second kappa shape index (κ2) is 7.21. The van der Waals surface area contributed by atoms with Gasteiger partial charge < -0.3 is 25.5 Å². The summed E-state index contributed by atoms with van der Waals surface area (Å²) in [5.74, 6) is 0.573. The number of hydrogen-bond acceptors (Lipinski definition) is 7. The molecule has 1 aromatic rings. The van der Waals surface area contributed by atoms with Crippen LogP contribution in [-0.4, -0.2) is 71.8 Å². The number of nitrogens with two attached hydrogens (primary N) is 1. The molecule has 0 aromatic carbocycles. The van der Waals surface area contributed by atoms with Crippen LogP contribution in [0, 0.1) is 5.92 Å². The molecule has 0 atom stereocenters. The predicted molar refractivity (Wildman–Crippen MR) is 93.3 cm³/mol. The number of aromatic nitrogens is 2. The molecule has 8 heteroatoms. The maximum atomic E-state index is 11.1. The number of piperidine rings is 1. The Morgan fingerprint density at radius 3 is 2.17 bits per heavy atom. The number of likely N-dealkylation sites (N-methyl/N-ethyl adjacent to an activating group) is 1. The Kier molecular flexibility index (Phi) is 5.03. The molecule has 3 heterocycles. The summed E-state index contributed by atoms with van der Waals surface area (Å²) in [5, 5.41) is 9.13. The summed E-state index contributed by atoms with van der Waals surface area (Å²) in [6, 6.07) is 0. The van der Waals surface area contributed by atoms with Gasteiger partial charge >= 0.3 is 5.97 Å². The zero-order chi connectivity index (χ0) is 17.1. The van der Waals surface area contributed by atoms with E-state index in [-0.39, 0.29) is 5.92 Å². The van der Waals surface area contributed by atoms with E-state index in [0.29, 0.717) is 31.6 Å². The monoisotopic (exact) mass is 334 g/mol. The van der Waals surface area contributed by atoms with Crippen molar-refractivity contribution in [3.63, 3.8) is 0 Å². The number of anilines is 3. The Bertz CT molecular complexity index is 580. The molecule has 0 radical (unpaired) electrons. The van der Waals surface area contributed by atoms with Gasteiger partial charge in [-0.25, -0.2) is 9.97 Å². The summed E-state index contributed by atoms with van der Waals surface area (Å²) in [6.07, 6.45) is 2.82. The van der Waals surface area contributed by atoms with Crippen molar-refractivity contribution in [2.45, 2.75) is 19.8 Å². The van der Waals surface area contributed by atoms with E-state index in [1.165, 1.54) is 0 Å². The van der Waals surface area contributed by atoms with Gasteiger partial charge in [-0.15, -0.1) is 0 Å². The lowest BCUT2D eigenvalue weighted by molar-refractivity contribution is -0.142. The third-order valence-electron chi connectivity index (χ3n) is 5.10. The second-order valence-electron chi connectivity index (χ2n) is 6.46. The average molecular weight is 334 g/mol. The van der Waals surface area contributed by atoms with E-state index in [9.17, 15) is 4.79 Å². The standard InChI is InChI=1S/C16H26N6O2/c1-2-20-7-9-22(10-8-20)15-13(17)14(18-11-19-15)21-5-3-12(4-6-21)16(23)24/h11-12H,2-10,17H2,1H3,(H,23,24). The molecular formula is C16H26N6O2. The lowest BCUT2D eigenvalue weighted by Gasteiger charge is -2.36. The number of nitrogens with zero attached hydrogens (tertiary/aromatic N) is 5. The number of piperazine rings is 1. The molecule has 0 bridgehead atoms. The number of aliphatic carboxylic acids is 1. The van der Waals surface area contributed by atoms with E-state index in [1.807, 2.05) is 0 Å². The van der Waals surface area contributed by atoms with Gasteiger partial charge in [0.1, 0.15) is 12.0 Å². The molecule has 0 amide bonds. The van der Waals surface area contributed by atoms with Crippen molar-refractivity contribution in [3.8, 4) is 0 Å². The molecular weight excluding hydrogens is 308 g/mol. The molecule has 0 saturated carbocycles. The maximum absolute atomic E-state index is 11.1. The molecule has 0 spiro atoms. The van der Waals surface area contributed by atoms with Crippen LogP contribution in [0.4, 0.5) is 17.3 Å². The minimum absolute atomic E-state index is 0.258. The lowest BCUT2D eigenvalue weighted by atomic mass is 9.97. The van der Waals surface area contributed by atoms with Crippen LogP contribution >= 0.6 is 0 Å². The van der Waals surface area contributed by atoms with Crippen LogP contribution < -0.4 is 15.5 Å². The highest BCUT2D eigenvalue weighted by Gasteiger charge is 2.28. The van der Waals surface area contributed by atoms with Gasteiger partial charge in [0.2, 0.25) is 0 Å². The van der Waals surface area contributed by atoms with Crippen molar-refractivity contribution >= 4 is 23.3 Å². The van der Waals surface area contributed by atoms with E-state index >= 15 is 0 Å². The molecule has 3 N–H and O–H groups in total. The first-order valence-corrected chi connectivity index (χ1v) is 8.65. The molecule has 8 nitrogen and oxygen atoms in total. The lowest BCUT2D eigenvalue weighted by Crippen LogP contribution is -2.46. The van der Waals surface area contributed by atoms with Crippen molar-refractivity contribution in [3.05, 3.63) is 6.33 Å². The van der Waals surface area contributed by atoms with Crippen molar-refractivity contribution in [2.24, 2.45) is 5.92 Å². The molecule has 1 aromatic heterocycles. The maximum Gasteiger partial charge on any atom is 0.306 e. The summed E-state index contributed by atoms with van der Waals surface area (Å²) in [6.45, 7) is 8.43. The van der Waals surface area contributed by atoms with Crippen molar-refractivity contribution < 1.29 is 9.90 Å². The summed E-state index contributed by atoms with van der Waals surface area (Å²) >= 11 is 0. The number of carboxylic acid groups (broad SMARTS) is 1. The third-order valence-corrected chi connectivity index (χ3v) is 5.10. The van der Waals surface area contributed by atoms with Crippen molar-refractivity contribution in [1.29, 1.82) is 0 Å². The average Bonchev–Trinajstić information content (AvgIpc) is 2.62. The fraction of sp³-hybridized carbons (Fsp3) is 0.688. The summed E-state index contributed by atoms with van der Waals surface area (Å²) < 4.78 is 0. The first kappa shape index (κ1) is 16.8. The van der Waals surface area contributed by atoms with Crippen LogP contribution in [0.3, 0.4) is 0 Å². The fourth-order valence-electron chi connectivity index (χ4n) is 3.50. The summed E-state index contributed by atoms with van der Waals surface area (Å²) in [7, 11) is 0. The van der Waals surface area contributed by atoms with Gasteiger partial charge in [0.15, 0.2) is 11.6 Å². The smallest absolute Gasteiger partial charge is 0.306 e. The molecule has 24 heavy (non-hydrogen) atoms. The quantitative estimate of drug-likeness (QED) is 0.821. The van der Waals surface area contributed by atoms with Gasteiger partial charge in [0.05, 0.1) is 5.92 Å². The summed E-state index contributed by atoms with van der Waals surface area (Å²) in [4.78, 5) is 26.6. The van der Waals surface area contributed by atoms with Gasteiger partial charge in [0, 0.05) is 39.3 Å². The molecule has 3 rings (SSSR count). The van der Waals surface area contributed by atoms with Gasteiger partial charge in [-0.1, -0.05) is 6.92 Å². The molecule has 2 fully saturated rings. The van der Waals surface area contributed by atoms with Crippen LogP contribution in [-0.2, 0) is 4.79 Å². The molecule has 2 aliphatic rings. The van der Waals surface area contributed by atoms with Gasteiger partial charge in [-0.3, -0.25) is 4.79 Å². The number of nitrogen functional groups attached to an aromatic ring is 1. The predicted octanol–water partition coefficient (Wildman–Crippen LogP) is 0.502. The highest BCUT2D eigenvalue weighted by atomic mass is 16.4. The largest absolute Gasteiger partial charge is 0.481 e. The molecule has 132 valence electrons. The minimum Gasteiger partial charge on any atom is -0.481 e. The Morgan fingerprint density at radius 2 is 1.67 bits per heavy atom. The molecule has 2 saturated heterocycles. The molecule has 0 aliphatic carbocycles. The van der Waals surface area contributed by atoms with E-state index in [0.717, 1.165) is 44.4 Å². The number of hydrogen-bond donors (Lipinski definition) is 2. The topological polar surface area (TPSA) is 98.8 Å².